The molecule has 1 aromatic rings. The fraction of sp³-hybridized carbons (Fsp3) is 0.182. The minimum atomic E-state index is -0.311. The zero-order valence-corrected chi connectivity index (χ0v) is 7.81. The monoisotopic (exact) mass is 191 g/mol. The maximum Gasteiger partial charge on any atom is 0.128 e. The summed E-state index contributed by atoms with van der Waals surface area (Å²) in [5.41, 5.74) is 6.84. The second-order valence-corrected chi connectivity index (χ2v) is 3.00. The van der Waals surface area contributed by atoms with E-state index in [9.17, 15) is 9.90 Å². The van der Waals surface area contributed by atoms with Gasteiger partial charge in [-0.1, -0.05) is 18.7 Å². The number of carbonyl (C=O) groups is 1. The molecule has 14 heavy (non-hydrogen) atoms. The zero-order valence-electron chi connectivity index (χ0n) is 7.81. The van der Waals surface area contributed by atoms with E-state index < -0.39 is 0 Å². The minimum absolute atomic E-state index is 0.158. The number of rotatable bonds is 4. The molecule has 1 unspecified atom stereocenters. The van der Waals surface area contributed by atoms with E-state index in [4.69, 9.17) is 5.73 Å². The van der Waals surface area contributed by atoms with Crippen molar-refractivity contribution in [3.8, 4) is 5.75 Å². The summed E-state index contributed by atoms with van der Waals surface area (Å²) in [5.74, 6) is -0.153. The fourth-order valence-electron chi connectivity index (χ4n) is 1.24. The number of aldehydes is 1. The summed E-state index contributed by atoms with van der Waals surface area (Å²) < 4.78 is 0. The Labute approximate surface area is 82.9 Å². The van der Waals surface area contributed by atoms with Gasteiger partial charge >= 0.3 is 0 Å². The Kier molecular flexibility index (Phi) is 3.42. The standard InChI is InChI=1S/C11H13NO2/c1-2-8-5-9(3-4-11(8)14)10(6-12)7-13/h2-5,7,10,14H,1,6,12H2. The van der Waals surface area contributed by atoms with Gasteiger partial charge in [-0.05, 0) is 17.7 Å². The molecule has 3 nitrogen and oxygen atoms in total. The Balaban J connectivity index is 3.10. The van der Waals surface area contributed by atoms with Gasteiger partial charge in [-0.15, -0.1) is 0 Å². The smallest absolute Gasteiger partial charge is 0.128 e. The Morgan fingerprint density at radius 2 is 2.29 bits per heavy atom. The fourth-order valence-corrected chi connectivity index (χ4v) is 1.24. The van der Waals surface area contributed by atoms with Crippen molar-refractivity contribution in [1.29, 1.82) is 0 Å². The molecule has 3 heteroatoms. The van der Waals surface area contributed by atoms with E-state index in [-0.39, 0.29) is 18.2 Å². The summed E-state index contributed by atoms with van der Waals surface area (Å²) >= 11 is 0. The number of phenolic OH excluding ortho intramolecular Hbond substituents is 1. The molecule has 1 rings (SSSR count). The first-order chi connectivity index (χ1) is 6.72. The molecule has 0 aliphatic carbocycles. The molecule has 0 amide bonds. The molecule has 0 saturated heterocycles. The van der Waals surface area contributed by atoms with Gasteiger partial charge in [0.2, 0.25) is 0 Å². The van der Waals surface area contributed by atoms with Crippen LogP contribution in [0.3, 0.4) is 0 Å². The Bertz CT molecular complexity index is 347. The first-order valence-corrected chi connectivity index (χ1v) is 4.33. The van der Waals surface area contributed by atoms with Gasteiger partial charge < -0.3 is 15.6 Å². The lowest BCUT2D eigenvalue weighted by Crippen LogP contribution is -2.13. The summed E-state index contributed by atoms with van der Waals surface area (Å²) in [4.78, 5) is 10.7. The van der Waals surface area contributed by atoms with Gasteiger partial charge in [-0.2, -0.15) is 0 Å². The summed E-state index contributed by atoms with van der Waals surface area (Å²) in [7, 11) is 0. The van der Waals surface area contributed by atoms with Crippen molar-refractivity contribution in [2.24, 2.45) is 5.73 Å². The van der Waals surface area contributed by atoms with Crippen molar-refractivity contribution in [1.82, 2.24) is 0 Å². The molecule has 1 atom stereocenters. The van der Waals surface area contributed by atoms with Crippen LogP contribution >= 0.6 is 0 Å². The van der Waals surface area contributed by atoms with Gasteiger partial charge in [-0.3, -0.25) is 0 Å². The molecule has 0 radical (unpaired) electrons. The van der Waals surface area contributed by atoms with Crippen LogP contribution < -0.4 is 5.73 Å². The molecule has 0 aliphatic rings. The second kappa shape index (κ2) is 4.58. The highest BCUT2D eigenvalue weighted by Gasteiger charge is 2.09. The van der Waals surface area contributed by atoms with E-state index in [1.54, 1.807) is 18.2 Å². The van der Waals surface area contributed by atoms with Crippen LogP contribution in [0.2, 0.25) is 0 Å². The molecule has 1 aromatic carbocycles. The van der Waals surface area contributed by atoms with Crippen LogP contribution in [0.5, 0.6) is 5.75 Å². The molecule has 0 fully saturated rings. The van der Waals surface area contributed by atoms with Crippen molar-refractivity contribution in [2.45, 2.75) is 5.92 Å². The van der Waals surface area contributed by atoms with Crippen molar-refractivity contribution in [3.63, 3.8) is 0 Å². The third kappa shape index (κ3) is 2.00. The maximum absolute atomic E-state index is 10.7. The molecular weight excluding hydrogens is 178 g/mol. The normalized spacial score (nSPS) is 12.1. The van der Waals surface area contributed by atoms with Crippen LogP contribution in [0.4, 0.5) is 0 Å². The van der Waals surface area contributed by atoms with Crippen LogP contribution in [0, 0.1) is 0 Å². The number of hydrogen-bond donors (Lipinski definition) is 2. The van der Waals surface area contributed by atoms with Crippen molar-refractivity contribution < 1.29 is 9.90 Å². The lowest BCUT2D eigenvalue weighted by Gasteiger charge is -2.09. The Hall–Kier alpha value is -1.61. The largest absolute Gasteiger partial charge is 0.507 e. The van der Waals surface area contributed by atoms with Gasteiger partial charge in [0.05, 0.1) is 5.92 Å². The molecule has 0 aromatic heterocycles. The SMILES string of the molecule is C=Cc1cc(C(C=O)CN)ccc1O. The molecule has 0 heterocycles. The van der Waals surface area contributed by atoms with Gasteiger partial charge in [0.15, 0.2) is 0 Å². The van der Waals surface area contributed by atoms with E-state index in [0.717, 1.165) is 11.8 Å². The number of carbonyl (C=O) groups excluding carboxylic acids is 1. The van der Waals surface area contributed by atoms with Gasteiger partial charge in [0, 0.05) is 12.1 Å². The second-order valence-electron chi connectivity index (χ2n) is 3.00. The average molecular weight is 191 g/mol. The van der Waals surface area contributed by atoms with E-state index in [2.05, 4.69) is 6.58 Å². The zero-order chi connectivity index (χ0) is 10.6. The van der Waals surface area contributed by atoms with Crippen LogP contribution in [-0.4, -0.2) is 17.9 Å². The van der Waals surface area contributed by atoms with Crippen molar-refractivity contribution >= 4 is 12.4 Å². The summed E-state index contributed by atoms with van der Waals surface area (Å²) in [6.45, 7) is 3.83. The topological polar surface area (TPSA) is 63.3 Å². The van der Waals surface area contributed by atoms with Crippen LogP contribution in [0.15, 0.2) is 24.8 Å². The highest BCUT2D eigenvalue weighted by molar-refractivity contribution is 5.65. The molecular formula is C11H13NO2. The molecule has 0 saturated carbocycles. The lowest BCUT2D eigenvalue weighted by molar-refractivity contribution is -0.108. The highest BCUT2D eigenvalue weighted by atomic mass is 16.3. The summed E-state index contributed by atoms with van der Waals surface area (Å²) in [6, 6.07) is 4.95. The van der Waals surface area contributed by atoms with E-state index in [1.165, 1.54) is 6.08 Å². The highest BCUT2D eigenvalue weighted by Crippen LogP contribution is 2.23. The van der Waals surface area contributed by atoms with Gasteiger partial charge in [-0.25, -0.2) is 0 Å². The van der Waals surface area contributed by atoms with Gasteiger partial charge in [0.25, 0.3) is 0 Å². The van der Waals surface area contributed by atoms with E-state index >= 15 is 0 Å². The van der Waals surface area contributed by atoms with Crippen molar-refractivity contribution in [3.05, 3.63) is 35.9 Å². The first kappa shape index (κ1) is 10.5. The van der Waals surface area contributed by atoms with Gasteiger partial charge in [0.1, 0.15) is 12.0 Å². The van der Waals surface area contributed by atoms with Crippen molar-refractivity contribution in [2.75, 3.05) is 6.54 Å². The van der Waals surface area contributed by atoms with Crippen LogP contribution in [0.25, 0.3) is 6.08 Å². The Morgan fingerprint density at radius 3 is 2.79 bits per heavy atom. The summed E-state index contributed by atoms with van der Waals surface area (Å²) in [6.07, 6.45) is 2.34. The predicted molar refractivity (Wildman–Crippen MR) is 56.1 cm³/mol. The molecule has 0 spiro atoms. The van der Waals surface area contributed by atoms with Crippen LogP contribution in [-0.2, 0) is 4.79 Å². The molecule has 0 bridgehead atoms. The summed E-state index contributed by atoms with van der Waals surface area (Å²) in [5, 5.41) is 9.37. The quantitative estimate of drug-likeness (QED) is 0.704. The lowest BCUT2D eigenvalue weighted by atomic mass is 9.98. The van der Waals surface area contributed by atoms with Crippen LogP contribution in [0.1, 0.15) is 17.0 Å². The first-order valence-electron chi connectivity index (χ1n) is 4.33. The third-order valence-corrected chi connectivity index (χ3v) is 2.12. The molecule has 3 N–H and O–H groups in total. The molecule has 74 valence electrons. The third-order valence-electron chi connectivity index (χ3n) is 2.12. The average Bonchev–Trinajstić information content (AvgIpc) is 2.22. The predicted octanol–water partition coefficient (Wildman–Crippen LogP) is 1.28. The minimum Gasteiger partial charge on any atom is -0.507 e. The number of aromatic hydroxyl groups is 1. The number of phenols is 1. The molecule has 0 aliphatic heterocycles. The van der Waals surface area contributed by atoms with E-state index in [0.29, 0.717) is 5.56 Å². The number of nitrogens with two attached hydrogens (primary N) is 1. The van der Waals surface area contributed by atoms with E-state index in [1.807, 2.05) is 0 Å². The number of hydrogen-bond acceptors (Lipinski definition) is 3. The maximum atomic E-state index is 10.7. The Morgan fingerprint density at radius 1 is 1.57 bits per heavy atom. The number of benzene rings is 1.